The highest BCUT2D eigenvalue weighted by atomic mass is 35.5. The molecule has 2 aromatic carbocycles. The lowest BCUT2D eigenvalue weighted by molar-refractivity contribution is -0.127. The van der Waals surface area contributed by atoms with Gasteiger partial charge in [0.1, 0.15) is 0 Å². The van der Waals surface area contributed by atoms with Crippen molar-refractivity contribution < 1.29 is 9.59 Å². The third-order valence-electron chi connectivity index (χ3n) is 6.83. The van der Waals surface area contributed by atoms with Gasteiger partial charge < -0.3 is 20.4 Å². The van der Waals surface area contributed by atoms with E-state index in [9.17, 15) is 9.59 Å². The van der Waals surface area contributed by atoms with E-state index >= 15 is 0 Å². The molecule has 0 unspecified atom stereocenters. The monoisotopic (exact) mass is 532 g/mol. The number of carbonyl (C=O) groups is 2. The molecule has 3 amide bonds. The average Bonchev–Trinajstić information content (AvgIpc) is 2.82. The maximum absolute atomic E-state index is 12.8. The van der Waals surface area contributed by atoms with E-state index in [1.807, 2.05) is 36.4 Å². The van der Waals surface area contributed by atoms with Crippen LogP contribution in [0.25, 0.3) is 0 Å². The van der Waals surface area contributed by atoms with Crippen LogP contribution in [0, 0.1) is 11.8 Å². The highest BCUT2D eigenvalue weighted by Crippen LogP contribution is 2.27. The third kappa shape index (κ3) is 8.68. The Morgan fingerprint density at radius 2 is 1.75 bits per heavy atom. The molecule has 1 heterocycles. The number of benzene rings is 2. The maximum Gasteiger partial charge on any atom is 0.319 e. The van der Waals surface area contributed by atoms with Gasteiger partial charge in [0.15, 0.2) is 0 Å². The summed E-state index contributed by atoms with van der Waals surface area (Å²) in [6.07, 6.45) is 3.56. The summed E-state index contributed by atoms with van der Waals surface area (Å²) in [7, 11) is 3.48. The zero-order valence-electron chi connectivity index (χ0n) is 21.7. The van der Waals surface area contributed by atoms with Crippen LogP contribution in [-0.4, -0.2) is 61.5 Å². The van der Waals surface area contributed by atoms with E-state index in [0.29, 0.717) is 34.0 Å². The molecule has 0 aliphatic carbocycles. The van der Waals surface area contributed by atoms with Gasteiger partial charge in [-0.2, -0.15) is 0 Å². The molecule has 6 nitrogen and oxygen atoms in total. The minimum Gasteiger partial charge on any atom is -0.349 e. The Balaban J connectivity index is 1.48. The van der Waals surface area contributed by atoms with E-state index in [-0.39, 0.29) is 18.0 Å². The van der Waals surface area contributed by atoms with Crippen molar-refractivity contribution in [2.75, 3.05) is 39.0 Å². The van der Waals surface area contributed by atoms with Crippen molar-refractivity contribution >= 4 is 40.8 Å². The molecule has 0 aromatic heterocycles. The Morgan fingerprint density at radius 3 is 2.39 bits per heavy atom. The van der Waals surface area contributed by atoms with E-state index in [1.165, 1.54) is 5.56 Å². The normalized spacial score (nSPS) is 15.5. The first-order chi connectivity index (χ1) is 17.1. The summed E-state index contributed by atoms with van der Waals surface area (Å²) in [6, 6.07) is 13.2. The van der Waals surface area contributed by atoms with E-state index in [2.05, 4.69) is 35.4 Å². The van der Waals surface area contributed by atoms with Crippen LogP contribution < -0.4 is 10.6 Å². The number of likely N-dealkylation sites (tertiary alicyclic amines) is 1. The van der Waals surface area contributed by atoms with Crippen molar-refractivity contribution in [3.05, 3.63) is 63.6 Å². The van der Waals surface area contributed by atoms with Gasteiger partial charge in [-0.3, -0.25) is 4.79 Å². The fraction of sp³-hybridized carbons (Fsp3) is 0.500. The lowest BCUT2D eigenvalue weighted by Gasteiger charge is -2.35. The first-order valence-corrected chi connectivity index (χ1v) is 13.4. The van der Waals surface area contributed by atoms with Crippen LogP contribution in [0.4, 0.5) is 10.5 Å². The average molecular weight is 534 g/mol. The Labute approximate surface area is 225 Å². The van der Waals surface area contributed by atoms with Crippen molar-refractivity contribution in [2.24, 2.45) is 11.8 Å². The molecule has 1 aliphatic heterocycles. The highest BCUT2D eigenvalue weighted by Gasteiger charge is 2.24. The highest BCUT2D eigenvalue weighted by molar-refractivity contribution is 6.42. The molecule has 0 radical (unpaired) electrons. The molecule has 0 spiro atoms. The molecule has 1 fully saturated rings. The van der Waals surface area contributed by atoms with Crippen LogP contribution in [-0.2, 0) is 17.6 Å². The molecule has 3 rings (SSSR count). The number of amides is 3. The second-order valence-electron chi connectivity index (χ2n) is 10.3. The molecule has 196 valence electrons. The van der Waals surface area contributed by atoms with Gasteiger partial charge in [-0.05, 0) is 79.6 Å². The predicted molar refractivity (Wildman–Crippen MR) is 149 cm³/mol. The molecule has 2 N–H and O–H groups in total. The number of hydrogen-bond acceptors (Lipinski definition) is 3. The van der Waals surface area contributed by atoms with Gasteiger partial charge in [-0.1, -0.05) is 55.2 Å². The van der Waals surface area contributed by atoms with Gasteiger partial charge >= 0.3 is 6.03 Å². The Bertz CT molecular complexity index is 1040. The molecule has 1 atom stereocenters. The second kappa shape index (κ2) is 13.3. The number of urea groups is 1. The molecule has 0 bridgehead atoms. The number of nitrogens with one attached hydrogen (secondary N) is 2. The molecule has 2 aromatic rings. The summed E-state index contributed by atoms with van der Waals surface area (Å²) in [6.45, 7) is 7.12. The molecular weight excluding hydrogens is 495 g/mol. The first-order valence-electron chi connectivity index (χ1n) is 12.6. The number of likely N-dealkylation sites (N-methyl/N-ethyl adjacent to an activating group) is 1. The zero-order valence-corrected chi connectivity index (χ0v) is 23.2. The van der Waals surface area contributed by atoms with Crippen LogP contribution in [0.3, 0.4) is 0 Å². The van der Waals surface area contributed by atoms with E-state index in [4.69, 9.17) is 23.2 Å². The molecule has 36 heavy (non-hydrogen) atoms. The SMILES string of the molecule is CC(C)[C@H](CN1CCC(Cc2ccc(Cl)c(Cl)c2)CC1)NC(=O)Nc1cccc(CC(=O)N(C)C)c1. The zero-order chi connectivity index (χ0) is 26.2. The first kappa shape index (κ1) is 28.3. The summed E-state index contributed by atoms with van der Waals surface area (Å²) in [5.41, 5.74) is 2.79. The number of nitrogens with zero attached hydrogens (tertiary/aromatic N) is 2. The number of carbonyl (C=O) groups excluding carboxylic acids is 2. The van der Waals surface area contributed by atoms with Gasteiger partial charge in [-0.15, -0.1) is 0 Å². The van der Waals surface area contributed by atoms with Crippen molar-refractivity contribution in [2.45, 2.75) is 45.6 Å². The molecule has 1 aliphatic rings. The van der Waals surface area contributed by atoms with Gasteiger partial charge in [0.05, 0.1) is 16.5 Å². The fourth-order valence-electron chi connectivity index (χ4n) is 4.50. The van der Waals surface area contributed by atoms with Crippen molar-refractivity contribution in [3.8, 4) is 0 Å². The molecule has 1 saturated heterocycles. The minimum atomic E-state index is -0.223. The van der Waals surface area contributed by atoms with Gasteiger partial charge in [-0.25, -0.2) is 4.79 Å². The topological polar surface area (TPSA) is 64.7 Å². The lowest BCUT2D eigenvalue weighted by Crippen LogP contribution is -2.49. The molecule has 0 saturated carbocycles. The smallest absolute Gasteiger partial charge is 0.319 e. The van der Waals surface area contributed by atoms with E-state index < -0.39 is 0 Å². The standard InChI is InChI=1S/C28H38Cl2N4O2/c1-19(2)26(32-28(36)31-23-7-5-6-21(15-23)17-27(35)33(3)4)18-34-12-10-20(11-13-34)14-22-8-9-24(29)25(30)16-22/h5-9,15-16,19-20,26H,10-14,17-18H2,1-4H3,(H2,31,32,36)/t26-/m0/s1. The molecule has 8 heteroatoms. The summed E-state index contributed by atoms with van der Waals surface area (Å²) in [5, 5.41) is 7.31. The van der Waals surface area contributed by atoms with Crippen LogP contribution in [0.2, 0.25) is 10.0 Å². The minimum absolute atomic E-state index is 0.0252. The molecular formula is C28H38Cl2N4O2. The van der Waals surface area contributed by atoms with Crippen LogP contribution in [0.5, 0.6) is 0 Å². The van der Waals surface area contributed by atoms with E-state index in [1.54, 1.807) is 19.0 Å². The summed E-state index contributed by atoms with van der Waals surface area (Å²) in [5.74, 6) is 0.949. The Kier molecular flexibility index (Phi) is 10.5. The maximum atomic E-state index is 12.8. The lowest BCUT2D eigenvalue weighted by atomic mass is 9.89. The number of piperidine rings is 1. The van der Waals surface area contributed by atoms with E-state index in [0.717, 1.165) is 44.5 Å². The summed E-state index contributed by atoms with van der Waals surface area (Å²) in [4.78, 5) is 28.8. The third-order valence-corrected chi connectivity index (χ3v) is 7.57. The second-order valence-corrected chi connectivity index (χ2v) is 11.1. The number of halogens is 2. The quantitative estimate of drug-likeness (QED) is 0.433. The van der Waals surface area contributed by atoms with Crippen molar-refractivity contribution in [1.82, 2.24) is 15.1 Å². The number of rotatable bonds is 9. The number of anilines is 1. The predicted octanol–water partition coefficient (Wildman–Crippen LogP) is 5.72. The van der Waals surface area contributed by atoms with Crippen LogP contribution >= 0.6 is 23.2 Å². The number of hydrogen-bond donors (Lipinski definition) is 2. The van der Waals surface area contributed by atoms with Crippen molar-refractivity contribution in [3.63, 3.8) is 0 Å². The van der Waals surface area contributed by atoms with Crippen LogP contribution in [0.15, 0.2) is 42.5 Å². The summed E-state index contributed by atoms with van der Waals surface area (Å²) >= 11 is 12.2. The summed E-state index contributed by atoms with van der Waals surface area (Å²) < 4.78 is 0. The fourth-order valence-corrected chi connectivity index (χ4v) is 4.82. The van der Waals surface area contributed by atoms with Crippen LogP contribution in [0.1, 0.15) is 37.8 Å². The van der Waals surface area contributed by atoms with Gasteiger partial charge in [0.2, 0.25) is 5.91 Å². The largest absolute Gasteiger partial charge is 0.349 e. The van der Waals surface area contributed by atoms with Gasteiger partial charge in [0, 0.05) is 32.4 Å². The van der Waals surface area contributed by atoms with Gasteiger partial charge in [0.25, 0.3) is 0 Å². The Hall–Kier alpha value is -2.28. The van der Waals surface area contributed by atoms with Crippen molar-refractivity contribution in [1.29, 1.82) is 0 Å². The Morgan fingerprint density at radius 1 is 1.03 bits per heavy atom.